The van der Waals surface area contributed by atoms with E-state index in [1.807, 2.05) is 0 Å². The van der Waals surface area contributed by atoms with Crippen LogP contribution in [0.2, 0.25) is 0 Å². The van der Waals surface area contributed by atoms with Crippen molar-refractivity contribution in [1.29, 1.82) is 0 Å². The van der Waals surface area contributed by atoms with E-state index in [2.05, 4.69) is 29.2 Å². The second-order valence-corrected chi connectivity index (χ2v) is 5.70. The van der Waals surface area contributed by atoms with Crippen molar-refractivity contribution < 1.29 is 0 Å². The van der Waals surface area contributed by atoms with E-state index in [-0.39, 0.29) is 0 Å². The largest absolute Gasteiger partial charge is 0.310 e. The summed E-state index contributed by atoms with van der Waals surface area (Å²) in [6.07, 6.45) is 6.79. The van der Waals surface area contributed by atoms with Gasteiger partial charge in [-0.2, -0.15) is 0 Å². The van der Waals surface area contributed by atoms with Gasteiger partial charge in [-0.05, 0) is 65.8 Å². The van der Waals surface area contributed by atoms with Crippen LogP contribution >= 0.6 is 0 Å². The summed E-state index contributed by atoms with van der Waals surface area (Å²) in [6, 6.07) is 1.51. The van der Waals surface area contributed by atoms with E-state index in [0.29, 0.717) is 0 Å². The van der Waals surface area contributed by atoms with Gasteiger partial charge in [0, 0.05) is 18.6 Å². The molecule has 0 aromatic heterocycles. The molecule has 0 saturated carbocycles. The number of piperidine rings is 1. The molecule has 94 valence electrons. The van der Waals surface area contributed by atoms with Crippen molar-refractivity contribution >= 4 is 0 Å². The fourth-order valence-electron chi connectivity index (χ4n) is 3.04. The third kappa shape index (κ3) is 3.72. The molecule has 3 heteroatoms. The van der Waals surface area contributed by atoms with Crippen LogP contribution in [0.4, 0.5) is 0 Å². The van der Waals surface area contributed by atoms with Gasteiger partial charge in [0.25, 0.3) is 0 Å². The van der Waals surface area contributed by atoms with Crippen molar-refractivity contribution in [3.05, 3.63) is 0 Å². The molecule has 0 aromatic carbocycles. The van der Waals surface area contributed by atoms with Crippen molar-refractivity contribution in [3.8, 4) is 0 Å². The van der Waals surface area contributed by atoms with Crippen molar-refractivity contribution in [2.45, 2.75) is 44.2 Å². The lowest BCUT2D eigenvalue weighted by Crippen LogP contribution is -2.48. The molecule has 2 rings (SSSR count). The van der Waals surface area contributed by atoms with Gasteiger partial charge < -0.3 is 15.1 Å². The van der Waals surface area contributed by atoms with Crippen molar-refractivity contribution in [2.75, 3.05) is 40.3 Å². The Morgan fingerprint density at radius 3 is 2.25 bits per heavy atom. The first-order valence-electron chi connectivity index (χ1n) is 6.87. The minimum absolute atomic E-state index is 0.743. The van der Waals surface area contributed by atoms with Crippen LogP contribution in [0, 0.1) is 0 Å². The van der Waals surface area contributed by atoms with Gasteiger partial charge in [-0.15, -0.1) is 0 Å². The first kappa shape index (κ1) is 12.3. The quantitative estimate of drug-likeness (QED) is 0.761. The zero-order valence-corrected chi connectivity index (χ0v) is 10.9. The molecule has 0 radical (unpaired) electrons. The molecule has 2 heterocycles. The number of hydrogen-bond donors (Lipinski definition) is 1. The number of likely N-dealkylation sites (tertiary alicyclic amines) is 2. The summed E-state index contributed by atoms with van der Waals surface area (Å²) in [5, 5.41) is 3.88. The molecule has 2 saturated heterocycles. The Morgan fingerprint density at radius 2 is 1.50 bits per heavy atom. The topological polar surface area (TPSA) is 18.5 Å². The second kappa shape index (κ2) is 5.99. The lowest BCUT2D eigenvalue weighted by Gasteiger charge is -2.33. The summed E-state index contributed by atoms with van der Waals surface area (Å²) in [4.78, 5) is 4.93. The molecule has 0 bridgehead atoms. The van der Waals surface area contributed by atoms with Crippen LogP contribution in [0.25, 0.3) is 0 Å². The van der Waals surface area contributed by atoms with E-state index < -0.39 is 0 Å². The molecule has 2 aliphatic rings. The normalized spacial score (nSPS) is 34.9. The molecule has 1 N–H and O–H groups in total. The van der Waals surface area contributed by atoms with E-state index in [4.69, 9.17) is 0 Å². The molecule has 16 heavy (non-hydrogen) atoms. The summed E-state index contributed by atoms with van der Waals surface area (Å²) in [5.41, 5.74) is 0. The molecule has 2 aliphatic heterocycles. The zero-order valence-electron chi connectivity index (χ0n) is 10.9. The standard InChI is InChI=1S/C13H27N3/c1-15-8-3-5-12(7-10-15)14-13-6-4-9-16(2)11-13/h12-14H,3-11H2,1-2H3. The minimum Gasteiger partial charge on any atom is -0.310 e. The van der Waals surface area contributed by atoms with E-state index in [0.717, 1.165) is 12.1 Å². The molecule has 0 spiro atoms. The van der Waals surface area contributed by atoms with E-state index in [1.54, 1.807) is 0 Å². The highest BCUT2D eigenvalue weighted by Crippen LogP contribution is 2.14. The Morgan fingerprint density at radius 1 is 0.812 bits per heavy atom. The molecule has 0 aliphatic carbocycles. The maximum atomic E-state index is 3.88. The second-order valence-electron chi connectivity index (χ2n) is 5.70. The summed E-state index contributed by atoms with van der Waals surface area (Å²) >= 11 is 0. The Hall–Kier alpha value is -0.120. The highest BCUT2D eigenvalue weighted by molar-refractivity contribution is 4.82. The lowest BCUT2D eigenvalue weighted by atomic mass is 10.0. The van der Waals surface area contributed by atoms with Crippen LogP contribution in [0.3, 0.4) is 0 Å². The minimum atomic E-state index is 0.743. The Kier molecular flexibility index (Phi) is 4.62. The lowest BCUT2D eigenvalue weighted by molar-refractivity contribution is 0.211. The number of hydrogen-bond acceptors (Lipinski definition) is 3. The molecule has 2 atom stereocenters. The monoisotopic (exact) mass is 225 g/mol. The van der Waals surface area contributed by atoms with Crippen molar-refractivity contribution in [3.63, 3.8) is 0 Å². The van der Waals surface area contributed by atoms with Gasteiger partial charge in [0.2, 0.25) is 0 Å². The highest BCUT2D eigenvalue weighted by Gasteiger charge is 2.21. The fourth-order valence-corrected chi connectivity index (χ4v) is 3.04. The molecule has 2 unspecified atom stereocenters. The Labute approximate surface area is 100 Å². The highest BCUT2D eigenvalue weighted by atomic mass is 15.1. The van der Waals surface area contributed by atoms with Gasteiger partial charge in [-0.25, -0.2) is 0 Å². The van der Waals surface area contributed by atoms with Crippen molar-refractivity contribution in [1.82, 2.24) is 15.1 Å². The molecule has 0 aromatic rings. The Bertz CT molecular complexity index is 207. The maximum Gasteiger partial charge on any atom is 0.0197 e. The molecule has 0 amide bonds. The zero-order chi connectivity index (χ0) is 11.4. The summed E-state index contributed by atoms with van der Waals surface area (Å²) in [6.45, 7) is 5.07. The third-order valence-corrected chi connectivity index (χ3v) is 4.05. The third-order valence-electron chi connectivity index (χ3n) is 4.05. The molecular weight excluding hydrogens is 198 g/mol. The average molecular weight is 225 g/mol. The number of likely N-dealkylation sites (N-methyl/N-ethyl adjacent to an activating group) is 1. The van der Waals surface area contributed by atoms with Crippen molar-refractivity contribution in [2.24, 2.45) is 0 Å². The fraction of sp³-hybridized carbons (Fsp3) is 1.00. The molecular formula is C13H27N3. The average Bonchev–Trinajstić information content (AvgIpc) is 2.44. The van der Waals surface area contributed by atoms with E-state index in [1.165, 1.54) is 58.3 Å². The summed E-state index contributed by atoms with van der Waals surface area (Å²) in [7, 11) is 4.49. The van der Waals surface area contributed by atoms with E-state index >= 15 is 0 Å². The SMILES string of the molecule is CN1CCCC(NC2CCCN(C)C2)CC1. The Balaban J connectivity index is 1.75. The van der Waals surface area contributed by atoms with Crippen LogP contribution in [0.5, 0.6) is 0 Å². The first-order chi connectivity index (χ1) is 7.74. The van der Waals surface area contributed by atoms with Crippen LogP contribution in [0.1, 0.15) is 32.1 Å². The predicted molar refractivity (Wildman–Crippen MR) is 68.8 cm³/mol. The number of rotatable bonds is 2. The smallest absolute Gasteiger partial charge is 0.0197 e. The first-order valence-corrected chi connectivity index (χ1v) is 6.87. The van der Waals surface area contributed by atoms with Gasteiger partial charge in [0.15, 0.2) is 0 Å². The molecule has 3 nitrogen and oxygen atoms in total. The van der Waals surface area contributed by atoms with Crippen LogP contribution < -0.4 is 5.32 Å². The van der Waals surface area contributed by atoms with Gasteiger partial charge in [-0.1, -0.05) is 0 Å². The number of nitrogens with zero attached hydrogens (tertiary/aromatic N) is 2. The van der Waals surface area contributed by atoms with Crippen LogP contribution in [-0.2, 0) is 0 Å². The number of nitrogens with one attached hydrogen (secondary N) is 1. The summed E-state index contributed by atoms with van der Waals surface area (Å²) in [5.74, 6) is 0. The maximum absolute atomic E-state index is 3.88. The van der Waals surface area contributed by atoms with Crippen LogP contribution in [-0.4, -0.2) is 62.2 Å². The predicted octanol–water partition coefficient (Wildman–Crippen LogP) is 1.15. The van der Waals surface area contributed by atoms with Crippen LogP contribution in [0.15, 0.2) is 0 Å². The molecule has 2 fully saturated rings. The van der Waals surface area contributed by atoms with E-state index in [9.17, 15) is 0 Å². The van der Waals surface area contributed by atoms with Gasteiger partial charge in [0.05, 0.1) is 0 Å². The van der Waals surface area contributed by atoms with Gasteiger partial charge in [-0.3, -0.25) is 0 Å². The van der Waals surface area contributed by atoms with Gasteiger partial charge >= 0.3 is 0 Å². The summed E-state index contributed by atoms with van der Waals surface area (Å²) < 4.78 is 0. The van der Waals surface area contributed by atoms with Gasteiger partial charge in [0.1, 0.15) is 0 Å².